The van der Waals surface area contributed by atoms with E-state index in [2.05, 4.69) is 4.98 Å². The molecular weight excluding hydrogens is 352 g/mol. The number of methoxy groups -OCH3 is 1. The van der Waals surface area contributed by atoms with Gasteiger partial charge in [-0.15, -0.1) is 11.3 Å². The number of likely N-dealkylation sites (tertiary alicyclic amines) is 1. The van der Waals surface area contributed by atoms with Crippen molar-refractivity contribution in [2.75, 3.05) is 20.2 Å². The van der Waals surface area contributed by atoms with Crippen molar-refractivity contribution in [3.05, 3.63) is 34.8 Å². The van der Waals surface area contributed by atoms with Crippen LogP contribution in [0.15, 0.2) is 24.3 Å². The van der Waals surface area contributed by atoms with Crippen molar-refractivity contribution in [1.82, 2.24) is 9.88 Å². The largest absolute Gasteiger partial charge is 0.497 e. The summed E-state index contributed by atoms with van der Waals surface area (Å²) in [5, 5.41) is 0.732. The molecule has 1 fully saturated rings. The Kier molecular flexibility index (Phi) is 5.56. The Balaban J connectivity index is 1.71. The van der Waals surface area contributed by atoms with Crippen LogP contribution in [0, 0.1) is 6.92 Å². The molecule has 1 aliphatic heterocycles. The predicted octanol–water partition coefficient (Wildman–Crippen LogP) is 3.29. The first-order valence-corrected chi connectivity index (χ1v) is 9.43. The summed E-state index contributed by atoms with van der Waals surface area (Å²) in [5.74, 6) is 0.129. The fourth-order valence-electron chi connectivity index (χ4n) is 2.90. The fourth-order valence-corrected chi connectivity index (χ4v) is 3.86. The lowest BCUT2D eigenvalue weighted by Gasteiger charge is -2.20. The summed E-state index contributed by atoms with van der Waals surface area (Å²) in [6.45, 7) is 4.87. The van der Waals surface area contributed by atoms with Crippen LogP contribution in [0.4, 0.5) is 0 Å². The molecule has 1 aliphatic rings. The third-order valence-electron chi connectivity index (χ3n) is 4.37. The number of thiazole rings is 1. The quantitative estimate of drug-likeness (QED) is 0.751. The summed E-state index contributed by atoms with van der Waals surface area (Å²) in [4.78, 5) is 31.5. The number of rotatable bonds is 5. The second kappa shape index (κ2) is 7.86. The van der Waals surface area contributed by atoms with Crippen LogP contribution >= 0.6 is 11.3 Å². The van der Waals surface area contributed by atoms with Crippen LogP contribution in [0.25, 0.3) is 10.6 Å². The number of ether oxygens (including phenoxy) is 2. The molecule has 7 heteroatoms. The van der Waals surface area contributed by atoms with E-state index in [1.165, 1.54) is 11.3 Å². The maximum Gasteiger partial charge on any atom is 0.351 e. The van der Waals surface area contributed by atoms with Crippen molar-refractivity contribution in [1.29, 1.82) is 0 Å². The summed E-state index contributed by atoms with van der Waals surface area (Å²) in [5.41, 5.74) is 1.51. The van der Waals surface area contributed by atoms with E-state index in [4.69, 9.17) is 9.47 Å². The second-order valence-electron chi connectivity index (χ2n) is 6.24. The zero-order valence-corrected chi connectivity index (χ0v) is 16.0. The Labute approximate surface area is 156 Å². The number of aryl methyl sites for hydroxylation is 1. The number of nitrogens with zero attached hydrogens (tertiary/aromatic N) is 2. The van der Waals surface area contributed by atoms with E-state index in [1.54, 1.807) is 25.9 Å². The molecule has 0 bridgehead atoms. The summed E-state index contributed by atoms with van der Waals surface area (Å²) < 4.78 is 10.6. The van der Waals surface area contributed by atoms with Gasteiger partial charge in [-0.05, 0) is 51.0 Å². The van der Waals surface area contributed by atoms with Crippen molar-refractivity contribution in [2.24, 2.45) is 0 Å². The molecular formula is C19H22N2O4S. The molecule has 1 aromatic heterocycles. The molecule has 0 N–H and O–H groups in total. The van der Waals surface area contributed by atoms with Crippen molar-refractivity contribution < 1.29 is 19.1 Å². The molecule has 3 rings (SSSR count). The van der Waals surface area contributed by atoms with E-state index in [0.29, 0.717) is 10.6 Å². The molecule has 2 heterocycles. The third kappa shape index (κ3) is 3.88. The number of esters is 1. The molecule has 1 atom stereocenters. The summed E-state index contributed by atoms with van der Waals surface area (Å²) >= 11 is 1.27. The maximum atomic E-state index is 12.5. The number of carbonyl (C=O) groups is 2. The standard InChI is InChI=1S/C19H22N2O4S/c1-12-16(19(23)25-13(2)18(22)21-10-4-5-11-21)26-17(20-12)14-6-8-15(24-3)9-7-14/h6-9,13H,4-5,10-11H2,1-3H3/t13-/m1/s1. The van der Waals surface area contributed by atoms with Gasteiger partial charge in [0.1, 0.15) is 15.6 Å². The average molecular weight is 374 g/mol. The molecule has 0 spiro atoms. The molecule has 6 nitrogen and oxygen atoms in total. The molecule has 1 saturated heterocycles. The smallest absolute Gasteiger partial charge is 0.351 e. The summed E-state index contributed by atoms with van der Waals surface area (Å²) in [6, 6.07) is 7.49. The minimum absolute atomic E-state index is 0.131. The number of benzene rings is 1. The average Bonchev–Trinajstić information content (AvgIpc) is 3.31. The predicted molar refractivity (Wildman–Crippen MR) is 99.5 cm³/mol. The number of carbonyl (C=O) groups excluding carboxylic acids is 2. The van der Waals surface area contributed by atoms with Gasteiger partial charge in [0.2, 0.25) is 0 Å². The Morgan fingerprint density at radius 3 is 2.46 bits per heavy atom. The molecule has 26 heavy (non-hydrogen) atoms. The summed E-state index contributed by atoms with van der Waals surface area (Å²) in [7, 11) is 1.61. The highest BCUT2D eigenvalue weighted by Gasteiger charge is 2.27. The number of hydrogen-bond donors (Lipinski definition) is 0. The van der Waals surface area contributed by atoms with Gasteiger partial charge in [0.25, 0.3) is 5.91 Å². The monoisotopic (exact) mass is 374 g/mol. The topological polar surface area (TPSA) is 68.7 Å². The molecule has 1 amide bonds. The number of aromatic nitrogens is 1. The molecule has 1 aromatic carbocycles. The zero-order chi connectivity index (χ0) is 18.7. The van der Waals surface area contributed by atoms with Crippen molar-refractivity contribution in [3.63, 3.8) is 0 Å². The SMILES string of the molecule is COc1ccc(-c2nc(C)c(C(=O)O[C@H](C)C(=O)N3CCCC3)s2)cc1. The molecule has 0 radical (unpaired) electrons. The third-order valence-corrected chi connectivity index (χ3v) is 5.55. The summed E-state index contributed by atoms with van der Waals surface area (Å²) in [6.07, 6.45) is 1.23. The first kappa shape index (κ1) is 18.4. The van der Waals surface area contributed by atoms with Gasteiger partial charge in [-0.25, -0.2) is 9.78 Å². The van der Waals surface area contributed by atoms with Crippen molar-refractivity contribution >= 4 is 23.2 Å². The lowest BCUT2D eigenvalue weighted by Crippen LogP contribution is -2.38. The lowest BCUT2D eigenvalue weighted by molar-refractivity contribution is -0.138. The molecule has 138 valence electrons. The molecule has 0 unspecified atom stereocenters. The highest BCUT2D eigenvalue weighted by molar-refractivity contribution is 7.17. The van der Waals surface area contributed by atoms with E-state index < -0.39 is 12.1 Å². The normalized spacial score (nSPS) is 15.0. The fraction of sp³-hybridized carbons (Fsp3) is 0.421. The van der Waals surface area contributed by atoms with Gasteiger partial charge in [0, 0.05) is 18.7 Å². The second-order valence-corrected chi connectivity index (χ2v) is 7.24. The van der Waals surface area contributed by atoms with E-state index >= 15 is 0 Å². The van der Waals surface area contributed by atoms with Gasteiger partial charge >= 0.3 is 5.97 Å². The van der Waals surface area contributed by atoms with Crippen LogP contribution in [0.1, 0.15) is 35.1 Å². The van der Waals surface area contributed by atoms with E-state index in [1.807, 2.05) is 24.3 Å². The van der Waals surface area contributed by atoms with Gasteiger partial charge in [-0.3, -0.25) is 4.79 Å². The van der Waals surface area contributed by atoms with Crippen molar-refractivity contribution in [2.45, 2.75) is 32.8 Å². The van der Waals surface area contributed by atoms with Gasteiger partial charge in [0.15, 0.2) is 6.10 Å². The number of amides is 1. The molecule has 2 aromatic rings. The number of hydrogen-bond acceptors (Lipinski definition) is 6. The van der Waals surface area contributed by atoms with Crippen LogP contribution in [-0.4, -0.2) is 48.1 Å². The van der Waals surface area contributed by atoms with Gasteiger partial charge in [0.05, 0.1) is 12.8 Å². The Morgan fingerprint density at radius 1 is 1.19 bits per heavy atom. The minimum atomic E-state index is -0.786. The van der Waals surface area contributed by atoms with E-state index in [0.717, 1.165) is 42.3 Å². The highest BCUT2D eigenvalue weighted by Crippen LogP contribution is 2.30. The van der Waals surface area contributed by atoms with Gasteiger partial charge < -0.3 is 14.4 Å². The lowest BCUT2D eigenvalue weighted by atomic mass is 10.2. The maximum absolute atomic E-state index is 12.5. The Bertz CT molecular complexity index is 794. The highest BCUT2D eigenvalue weighted by atomic mass is 32.1. The Hall–Kier alpha value is -2.41. The first-order valence-electron chi connectivity index (χ1n) is 8.61. The van der Waals surface area contributed by atoms with Crippen LogP contribution in [0.3, 0.4) is 0 Å². The van der Waals surface area contributed by atoms with Crippen LogP contribution < -0.4 is 4.74 Å². The van der Waals surface area contributed by atoms with Crippen LogP contribution in [0.5, 0.6) is 5.75 Å². The van der Waals surface area contributed by atoms with Crippen molar-refractivity contribution in [3.8, 4) is 16.3 Å². The van der Waals surface area contributed by atoms with Gasteiger partial charge in [-0.1, -0.05) is 0 Å². The van der Waals surface area contributed by atoms with Crippen LogP contribution in [-0.2, 0) is 9.53 Å². The zero-order valence-electron chi connectivity index (χ0n) is 15.2. The minimum Gasteiger partial charge on any atom is -0.497 e. The molecule has 0 saturated carbocycles. The Morgan fingerprint density at radius 2 is 1.85 bits per heavy atom. The van der Waals surface area contributed by atoms with E-state index in [9.17, 15) is 9.59 Å². The first-order chi connectivity index (χ1) is 12.5. The van der Waals surface area contributed by atoms with Crippen LogP contribution in [0.2, 0.25) is 0 Å². The van der Waals surface area contributed by atoms with E-state index in [-0.39, 0.29) is 5.91 Å². The van der Waals surface area contributed by atoms with Gasteiger partial charge in [-0.2, -0.15) is 0 Å². The molecule has 0 aliphatic carbocycles.